The molecule has 0 atom stereocenters. The highest BCUT2D eigenvalue weighted by Crippen LogP contribution is 2.26. The van der Waals surface area contributed by atoms with Crippen LogP contribution in [0.15, 0.2) is 29.7 Å². The van der Waals surface area contributed by atoms with Gasteiger partial charge in [0.15, 0.2) is 5.16 Å². The smallest absolute Gasteiger partial charge is 0.250 e. The fraction of sp³-hybridized carbons (Fsp3) is 0.0833. The largest absolute Gasteiger partial charge is 0.366 e. The predicted molar refractivity (Wildman–Crippen MR) is 78.9 cm³/mol. The maximum absolute atomic E-state index is 11.3. The van der Waals surface area contributed by atoms with Gasteiger partial charge in [-0.15, -0.1) is 12.4 Å². The van der Waals surface area contributed by atoms with Crippen LogP contribution in [0.4, 0.5) is 0 Å². The van der Waals surface area contributed by atoms with Crippen LogP contribution in [0.3, 0.4) is 0 Å². The molecular formula is C12H11ClN4OS. The number of thioether (sulfide) groups is 1. The number of aromatic nitrogens is 3. The molecule has 0 radical (unpaired) electrons. The fourth-order valence-electron chi connectivity index (χ4n) is 1.96. The minimum atomic E-state index is -0.462. The van der Waals surface area contributed by atoms with Gasteiger partial charge in [0, 0.05) is 23.2 Å². The molecule has 3 aromatic rings. The van der Waals surface area contributed by atoms with Gasteiger partial charge < -0.3 is 10.7 Å². The molecule has 7 heteroatoms. The Morgan fingerprint density at radius 3 is 2.79 bits per heavy atom. The van der Waals surface area contributed by atoms with E-state index in [9.17, 15) is 4.79 Å². The summed E-state index contributed by atoms with van der Waals surface area (Å²) in [5.41, 5.74) is 7.39. The van der Waals surface area contributed by atoms with Crippen molar-refractivity contribution in [2.75, 3.05) is 6.26 Å². The maximum atomic E-state index is 11.3. The topological polar surface area (TPSA) is 84.7 Å². The van der Waals surface area contributed by atoms with Crippen molar-refractivity contribution in [1.82, 2.24) is 15.0 Å². The number of halogens is 1. The molecule has 1 aromatic carbocycles. The zero-order valence-electron chi connectivity index (χ0n) is 10.0. The van der Waals surface area contributed by atoms with Gasteiger partial charge in [0.25, 0.3) is 5.91 Å². The van der Waals surface area contributed by atoms with E-state index in [1.807, 2.05) is 18.4 Å². The molecule has 19 heavy (non-hydrogen) atoms. The number of carbonyl (C=O) groups is 1. The normalized spacial score (nSPS) is 10.6. The van der Waals surface area contributed by atoms with E-state index in [2.05, 4.69) is 15.0 Å². The summed E-state index contributed by atoms with van der Waals surface area (Å²) in [6, 6.07) is 3.75. The Kier molecular flexibility index (Phi) is 3.64. The molecule has 0 saturated carbocycles. The average molecular weight is 295 g/mol. The number of nitrogens with zero attached hydrogens (tertiary/aromatic N) is 2. The quantitative estimate of drug-likeness (QED) is 0.561. The second-order valence-corrected chi connectivity index (χ2v) is 4.65. The van der Waals surface area contributed by atoms with Crippen LogP contribution in [0.2, 0.25) is 0 Å². The lowest BCUT2D eigenvalue weighted by molar-refractivity contribution is 0.100. The minimum Gasteiger partial charge on any atom is -0.366 e. The molecule has 0 saturated heterocycles. The first-order valence-electron chi connectivity index (χ1n) is 5.31. The van der Waals surface area contributed by atoms with Gasteiger partial charge in [-0.25, -0.2) is 4.98 Å². The summed E-state index contributed by atoms with van der Waals surface area (Å²) in [4.78, 5) is 23.0. The third kappa shape index (κ3) is 2.13. The van der Waals surface area contributed by atoms with Crippen LogP contribution in [0.25, 0.3) is 21.8 Å². The Morgan fingerprint density at radius 1 is 1.32 bits per heavy atom. The fourth-order valence-corrected chi connectivity index (χ4v) is 2.33. The average Bonchev–Trinajstić information content (AvgIpc) is 2.82. The van der Waals surface area contributed by atoms with Gasteiger partial charge >= 0.3 is 0 Å². The summed E-state index contributed by atoms with van der Waals surface area (Å²) in [6.07, 6.45) is 5.24. The SMILES string of the molecule is CSc1ncc2ccc3c(C(N)=O)cnc3c2[nH]1.Cl. The van der Waals surface area contributed by atoms with E-state index in [0.717, 1.165) is 27.0 Å². The van der Waals surface area contributed by atoms with Crippen molar-refractivity contribution < 1.29 is 4.79 Å². The molecule has 0 aliphatic rings. The molecule has 0 fully saturated rings. The molecule has 1 amide bonds. The van der Waals surface area contributed by atoms with Crippen molar-refractivity contribution >= 4 is 51.9 Å². The monoisotopic (exact) mass is 294 g/mol. The van der Waals surface area contributed by atoms with E-state index in [4.69, 9.17) is 5.73 Å². The van der Waals surface area contributed by atoms with E-state index in [1.54, 1.807) is 6.20 Å². The lowest BCUT2D eigenvalue weighted by Gasteiger charge is -2.02. The van der Waals surface area contributed by atoms with Crippen LogP contribution in [-0.4, -0.2) is 27.1 Å². The van der Waals surface area contributed by atoms with Crippen molar-refractivity contribution in [2.45, 2.75) is 5.16 Å². The van der Waals surface area contributed by atoms with Crippen LogP contribution in [0.5, 0.6) is 0 Å². The van der Waals surface area contributed by atoms with Crippen LogP contribution < -0.4 is 5.73 Å². The number of rotatable bonds is 2. The molecule has 3 N–H and O–H groups in total. The predicted octanol–water partition coefficient (Wildman–Crippen LogP) is 2.35. The van der Waals surface area contributed by atoms with Crippen LogP contribution in [0.1, 0.15) is 10.4 Å². The van der Waals surface area contributed by atoms with Crippen molar-refractivity contribution in [3.63, 3.8) is 0 Å². The number of amides is 1. The molecule has 0 spiro atoms. The summed E-state index contributed by atoms with van der Waals surface area (Å²) in [5.74, 6) is -0.462. The van der Waals surface area contributed by atoms with Crippen molar-refractivity contribution in [3.8, 4) is 0 Å². The maximum Gasteiger partial charge on any atom is 0.250 e. The van der Waals surface area contributed by atoms with E-state index in [0.29, 0.717) is 5.56 Å². The number of hydrogen-bond donors (Lipinski definition) is 2. The van der Waals surface area contributed by atoms with Crippen LogP contribution in [0, 0.1) is 0 Å². The van der Waals surface area contributed by atoms with Crippen molar-refractivity contribution in [3.05, 3.63) is 30.1 Å². The first-order chi connectivity index (χ1) is 8.70. The molecule has 98 valence electrons. The third-order valence-corrected chi connectivity index (χ3v) is 3.43. The Hall–Kier alpha value is -1.79. The van der Waals surface area contributed by atoms with Crippen molar-refractivity contribution in [2.24, 2.45) is 5.73 Å². The molecule has 0 unspecified atom stereocenters. The van der Waals surface area contributed by atoms with Gasteiger partial charge in [0.1, 0.15) is 0 Å². The van der Waals surface area contributed by atoms with Gasteiger partial charge in [0.05, 0.1) is 16.6 Å². The Labute approximate surface area is 119 Å². The summed E-state index contributed by atoms with van der Waals surface area (Å²) in [5, 5.41) is 2.53. The molecule has 2 heterocycles. The Balaban J connectivity index is 0.00000133. The summed E-state index contributed by atoms with van der Waals surface area (Å²) in [7, 11) is 0. The van der Waals surface area contributed by atoms with Gasteiger partial charge in [-0.3, -0.25) is 9.78 Å². The zero-order chi connectivity index (χ0) is 12.7. The first kappa shape index (κ1) is 13.6. The van der Waals surface area contributed by atoms with Crippen LogP contribution in [-0.2, 0) is 0 Å². The van der Waals surface area contributed by atoms with E-state index < -0.39 is 5.91 Å². The number of aromatic amines is 1. The second-order valence-electron chi connectivity index (χ2n) is 3.85. The second kappa shape index (κ2) is 5.07. The molecular weight excluding hydrogens is 284 g/mol. The van der Waals surface area contributed by atoms with E-state index in [1.165, 1.54) is 18.0 Å². The molecule has 0 bridgehead atoms. The van der Waals surface area contributed by atoms with Crippen LogP contribution >= 0.6 is 24.2 Å². The van der Waals surface area contributed by atoms with Gasteiger partial charge in [-0.05, 0) is 6.26 Å². The number of hydrogen-bond acceptors (Lipinski definition) is 4. The Bertz CT molecular complexity index is 771. The number of carbonyl (C=O) groups excluding carboxylic acids is 1. The van der Waals surface area contributed by atoms with Crippen molar-refractivity contribution in [1.29, 1.82) is 0 Å². The summed E-state index contributed by atoms with van der Waals surface area (Å²) in [6.45, 7) is 0. The van der Waals surface area contributed by atoms with Gasteiger partial charge in [-0.2, -0.15) is 0 Å². The lowest BCUT2D eigenvalue weighted by atomic mass is 10.1. The number of nitrogens with one attached hydrogen (secondary N) is 1. The highest BCUT2D eigenvalue weighted by molar-refractivity contribution is 7.98. The van der Waals surface area contributed by atoms with Gasteiger partial charge in [-0.1, -0.05) is 23.9 Å². The number of benzene rings is 1. The summed E-state index contributed by atoms with van der Waals surface area (Å²) < 4.78 is 0. The zero-order valence-corrected chi connectivity index (χ0v) is 11.6. The minimum absolute atomic E-state index is 0. The molecule has 5 nitrogen and oxygen atoms in total. The number of nitrogens with two attached hydrogens (primary N) is 1. The summed E-state index contributed by atoms with van der Waals surface area (Å²) >= 11 is 1.52. The van der Waals surface area contributed by atoms with E-state index in [-0.39, 0.29) is 12.4 Å². The highest BCUT2D eigenvalue weighted by atomic mass is 35.5. The number of fused-ring (bicyclic) bond motifs is 3. The van der Waals surface area contributed by atoms with Gasteiger partial charge in [0.2, 0.25) is 0 Å². The standard InChI is InChI=1S/C12H10N4OS.ClH/c1-18-12-15-4-6-2-3-7-8(11(13)17)5-14-10(7)9(6)16-12;/h2-5H,1H3,(H2,13,17)(H,15,16);1H. The molecule has 0 aliphatic carbocycles. The molecule has 3 rings (SSSR count). The molecule has 0 aliphatic heterocycles. The number of H-pyrrole nitrogens is 1. The Morgan fingerprint density at radius 2 is 2.11 bits per heavy atom. The third-order valence-electron chi connectivity index (χ3n) is 2.83. The highest BCUT2D eigenvalue weighted by Gasteiger charge is 2.12. The first-order valence-corrected chi connectivity index (χ1v) is 6.53. The van der Waals surface area contributed by atoms with E-state index >= 15 is 0 Å². The lowest BCUT2D eigenvalue weighted by Crippen LogP contribution is -2.09. The molecule has 2 aromatic heterocycles. The number of primary amides is 1.